The Kier molecular flexibility index (Phi) is 5.38. The fourth-order valence-corrected chi connectivity index (χ4v) is 3.65. The van der Waals surface area contributed by atoms with Crippen LogP contribution in [-0.4, -0.2) is 17.8 Å². The molecule has 2 rings (SSSR count). The number of aliphatic hydroxyl groups excluding tert-OH is 1. The van der Waals surface area contributed by atoms with Gasteiger partial charge in [-0.1, -0.05) is 25.5 Å². The predicted octanol–water partition coefficient (Wildman–Crippen LogP) is 3.65. The molecule has 2 nitrogen and oxygen atoms in total. The lowest BCUT2D eigenvalue weighted by Crippen LogP contribution is -2.30. The van der Waals surface area contributed by atoms with Gasteiger partial charge >= 0.3 is 0 Å². The Bertz CT molecular complexity index is 390. The first-order valence-electron chi connectivity index (χ1n) is 6.29. The Balaban J connectivity index is 2.02. The highest BCUT2D eigenvalue weighted by Gasteiger charge is 2.16. The van der Waals surface area contributed by atoms with Crippen molar-refractivity contribution in [3.8, 4) is 0 Å². The van der Waals surface area contributed by atoms with Crippen molar-refractivity contribution in [3.63, 3.8) is 0 Å². The lowest BCUT2D eigenvalue weighted by atomic mass is 10.1. The van der Waals surface area contributed by atoms with Gasteiger partial charge in [0, 0.05) is 16.3 Å². The zero-order valence-corrected chi connectivity index (χ0v) is 12.1. The SMILES string of the molecule is CCCC(O)CNC(c1cccs1)c1cccs1. The maximum atomic E-state index is 9.84. The van der Waals surface area contributed by atoms with Crippen LogP contribution in [0.1, 0.15) is 35.6 Å². The molecule has 1 atom stereocenters. The van der Waals surface area contributed by atoms with E-state index in [1.807, 2.05) is 0 Å². The number of hydrogen-bond donors (Lipinski definition) is 2. The van der Waals surface area contributed by atoms with Gasteiger partial charge in [0.15, 0.2) is 0 Å². The topological polar surface area (TPSA) is 32.3 Å². The summed E-state index contributed by atoms with van der Waals surface area (Å²) in [5.41, 5.74) is 0. The first-order chi connectivity index (χ1) is 8.81. The normalized spacial score (nSPS) is 13.1. The van der Waals surface area contributed by atoms with Crippen molar-refractivity contribution >= 4 is 22.7 Å². The van der Waals surface area contributed by atoms with Crippen LogP contribution >= 0.6 is 22.7 Å². The smallest absolute Gasteiger partial charge is 0.0765 e. The molecule has 0 spiro atoms. The molecule has 0 saturated carbocycles. The summed E-state index contributed by atoms with van der Waals surface area (Å²) in [5.74, 6) is 0. The average molecular weight is 281 g/mol. The second-order valence-electron chi connectivity index (χ2n) is 4.31. The molecule has 0 aliphatic heterocycles. The summed E-state index contributed by atoms with van der Waals surface area (Å²) in [4.78, 5) is 2.61. The van der Waals surface area contributed by atoms with Gasteiger partial charge in [0.25, 0.3) is 0 Å². The zero-order chi connectivity index (χ0) is 12.8. The molecular formula is C14H19NOS2. The highest BCUT2D eigenvalue weighted by Crippen LogP contribution is 2.29. The van der Waals surface area contributed by atoms with Crippen LogP contribution < -0.4 is 5.32 Å². The van der Waals surface area contributed by atoms with E-state index >= 15 is 0 Å². The second kappa shape index (κ2) is 7.04. The van der Waals surface area contributed by atoms with Crippen molar-refractivity contribution in [3.05, 3.63) is 44.8 Å². The fraction of sp³-hybridized carbons (Fsp3) is 0.429. The van der Waals surface area contributed by atoms with E-state index in [4.69, 9.17) is 0 Å². The molecule has 2 heterocycles. The highest BCUT2D eigenvalue weighted by molar-refractivity contribution is 7.11. The van der Waals surface area contributed by atoms with Crippen LogP contribution in [0.3, 0.4) is 0 Å². The number of rotatable bonds is 7. The third-order valence-corrected chi connectivity index (χ3v) is 4.71. The predicted molar refractivity (Wildman–Crippen MR) is 79.4 cm³/mol. The molecule has 4 heteroatoms. The summed E-state index contributed by atoms with van der Waals surface area (Å²) in [6.45, 7) is 2.74. The molecule has 0 aromatic carbocycles. The van der Waals surface area contributed by atoms with Crippen LogP contribution in [0.5, 0.6) is 0 Å². The maximum absolute atomic E-state index is 9.84. The summed E-state index contributed by atoms with van der Waals surface area (Å²) in [7, 11) is 0. The number of thiophene rings is 2. The minimum Gasteiger partial charge on any atom is -0.392 e. The van der Waals surface area contributed by atoms with E-state index in [-0.39, 0.29) is 12.1 Å². The van der Waals surface area contributed by atoms with E-state index in [9.17, 15) is 5.11 Å². The summed E-state index contributed by atoms with van der Waals surface area (Å²) < 4.78 is 0. The molecule has 0 radical (unpaired) electrons. The number of nitrogens with one attached hydrogen (secondary N) is 1. The van der Waals surface area contributed by atoms with Gasteiger partial charge in [-0.25, -0.2) is 0 Å². The molecule has 1 unspecified atom stereocenters. The molecule has 2 N–H and O–H groups in total. The Morgan fingerprint density at radius 3 is 2.22 bits per heavy atom. The summed E-state index contributed by atoms with van der Waals surface area (Å²) in [6.07, 6.45) is 1.62. The molecular weight excluding hydrogens is 262 g/mol. The van der Waals surface area contributed by atoms with Gasteiger partial charge in [-0.15, -0.1) is 22.7 Å². The first kappa shape index (κ1) is 13.7. The number of hydrogen-bond acceptors (Lipinski definition) is 4. The van der Waals surface area contributed by atoms with Crippen molar-refractivity contribution in [2.75, 3.05) is 6.54 Å². The molecule has 2 aromatic heterocycles. The molecule has 18 heavy (non-hydrogen) atoms. The van der Waals surface area contributed by atoms with Crippen LogP contribution in [-0.2, 0) is 0 Å². The monoisotopic (exact) mass is 281 g/mol. The van der Waals surface area contributed by atoms with Gasteiger partial charge in [-0.05, 0) is 29.3 Å². The van der Waals surface area contributed by atoms with Crippen molar-refractivity contribution in [1.29, 1.82) is 0 Å². The van der Waals surface area contributed by atoms with Gasteiger partial charge < -0.3 is 10.4 Å². The molecule has 0 aliphatic carbocycles. The highest BCUT2D eigenvalue weighted by atomic mass is 32.1. The summed E-state index contributed by atoms with van der Waals surface area (Å²) in [5, 5.41) is 17.5. The van der Waals surface area contributed by atoms with Crippen LogP contribution in [0.4, 0.5) is 0 Å². The third kappa shape index (κ3) is 3.65. The Labute approximate surface area is 116 Å². The standard InChI is InChI=1S/C14H19NOS2/c1-2-5-11(16)10-15-14(12-6-3-8-17-12)13-7-4-9-18-13/h3-4,6-9,11,14-16H,2,5,10H2,1H3. The van der Waals surface area contributed by atoms with E-state index in [2.05, 4.69) is 47.3 Å². The van der Waals surface area contributed by atoms with Gasteiger partial charge in [-0.3, -0.25) is 0 Å². The maximum Gasteiger partial charge on any atom is 0.0765 e. The van der Waals surface area contributed by atoms with Crippen molar-refractivity contribution in [2.24, 2.45) is 0 Å². The van der Waals surface area contributed by atoms with E-state index in [0.29, 0.717) is 6.54 Å². The molecule has 2 aromatic rings. The molecule has 0 aliphatic rings. The van der Waals surface area contributed by atoms with E-state index in [1.54, 1.807) is 22.7 Å². The minimum atomic E-state index is -0.252. The lowest BCUT2D eigenvalue weighted by molar-refractivity contribution is 0.158. The Morgan fingerprint density at radius 1 is 1.17 bits per heavy atom. The molecule has 0 fully saturated rings. The number of aliphatic hydroxyl groups is 1. The van der Waals surface area contributed by atoms with Crippen LogP contribution in [0.2, 0.25) is 0 Å². The van der Waals surface area contributed by atoms with Crippen LogP contribution in [0.15, 0.2) is 35.0 Å². The molecule has 0 bridgehead atoms. The Morgan fingerprint density at radius 2 is 1.78 bits per heavy atom. The largest absolute Gasteiger partial charge is 0.392 e. The molecule has 0 amide bonds. The van der Waals surface area contributed by atoms with Crippen molar-refractivity contribution in [1.82, 2.24) is 5.32 Å². The van der Waals surface area contributed by atoms with Crippen molar-refractivity contribution < 1.29 is 5.11 Å². The van der Waals surface area contributed by atoms with E-state index in [0.717, 1.165) is 12.8 Å². The fourth-order valence-electron chi connectivity index (χ4n) is 1.94. The minimum absolute atomic E-state index is 0.219. The first-order valence-corrected chi connectivity index (χ1v) is 8.05. The van der Waals surface area contributed by atoms with Gasteiger partial charge in [0.1, 0.15) is 0 Å². The zero-order valence-electron chi connectivity index (χ0n) is 10.5. The molecule has 0 saturated heterocycles. The van der Waals surface area contributed by atoms with E-state index in [1.165, 1.54) is 9.75 Å². The quantitative estimate of drug-likeness (QED) is 0.812. The van der Waals surface area contributed by atoms with Gasteiger partial charge in [-0.2, -0.15) is 0 Å². The summed E-state index contributed by atoms with van der Waals surface area (Å²) >= 11 is 3.51. The van der Waals surface area contributed by atoms with Crippen molar-refractivity contribution in [2.45, 2.75) is 31.9 Å². The van der Waals surface area contributed by atoms with Crippen LogP contribution in [0, 0.1) is 0 Å². The average Bonchev–Trinajstić information content (AvgIpc) is 3.02. The summed E-state index contributed by atoms with van der Waals surface area (Å²) in [6, 6.07) is 8.66. The Hall–Kier alpha value is -0.680. The third-order valence-electron chi connectivity index (χ3n) is 2.83. The lowest BCUT2D eigenvalue weighted by Gasteiger charge is -2.18. The molecule has 98 valence electrons. The van der Waals surface area contributed by atoms with Gasteiger partial charge in [0.2, 0.25) is 0 Å². The van der Waals surface area contributed by atoms with E-state index < -0.39 is 0 Å². The van der Waals surface area contributed by atoms with Crippen LogP contribution in [0.25, 0.3) is 0 Å². The second-order valence-corrected chi connectivity index (χ2v) is 6.27. The van der Waals surface area contributed by atoms with Gasteiger partial charge in [0.05, 0.1) is 12.1 Å².